The summed E-state index contributed by atoms with van der Waals surface area (Å²) in [5.74, 6) is 0.694. The van der Waals surface area contributed by atoms with E-state index < -0.39 is 5.41 Å². The Morgan fingerprint density at radius 2 is 2.10 bits per heavy atom. The third kappa shape index (κ3) is 1.91. The van der Waals surface area contributed by atoms with E-state index in [1.54, 1.807) is 4.52 Å². The number of fused-ring (bicyclic) bond motifs is 1. The molecule has 108 valence electrons. The van der Waals surface area contributed by atoms with Gasteiger partial charge in [0.1, 0.15) is 10.4 Å². The van der Waals surface area contributed by atoms with E-state index in [0.29, 0.717) is 6.61 Å². The zero-order valence-corrected chi connectivity index (χ0v) is 12.6. The molecule has 3 rings (SSSR count). The maximum absolute atomic E-state index is 12.4. The lowest BCUT2D eigenvalue weighted by atomic mass is 9.87. The van der Waals surface area contributed by atoms with Gasteiger partial charge in [0.05, 0.1) is 6.61 Å². The van der Waals surface area contributed by atoms with Gasteiger partial charge in [-0.2, -0.15) is 9.61 Å². The Bertz CT molecular complexity index is 627. The van der Waals surface area contributed by atoms with Crippen molar-refractivity contribution in [2.45, 2.75) is 51.4 Å². The fourth-order valence-electron chi connectivity index (χ4n) is 2.82. The fourth-order valence-corrected chi connectivity index (χ4v) is 3.92. The van der Waals surface area contributed by atoms with Gasteiger partial charge >= 0.3 is 5.97 Å². The molecule has 0 amide bonds. The van der Waals surface area contributed by atoms with E-state index in [0.717, 1.165) is 47.9 Å². The van der Waals surface area contributed by atoms with Gasteiger partial charge in [0, 0.05) is 6.42 Å². The van der Waals surface area contributed by atoms with Crippen LogP contribution in [0.15, 0.2) is 0 Å². The van der Waals surface area contributed by atoms with Crippen LogP contribution in [0.3, 0.4) is 0 Å². The smallest absolute Gasteiger partial charge is 0.319 e. The number of rotatable bonds is 4. The summed E-state index contributed by atoms with van der Waals surface area (Å²) in [4.78, 5) is 13.2. The van der Waals surface area contributed by atoms with Crippen molar-refractivity contribution in [3.63, 3.8) is 0 Å². The van der Waals surface area contributed by atoms with Crippen molar-refractivity contribution in [1.82, 2.24) is 19.8 Å². The largest absolute Gasteiger partial charge is 0.465 e. The van der Waals surface area contributed by atoms with E-state index in [1.165, 1.54) is 11.3 Å². The van der Waals surface area contributed by atoms with Crippen LogP contribution < -0.4 is 0 Å². The number of ether oxygens (including phenoxy) is 1. The zero-order valence-electron chi connectivity index (χ0n) is 11.8. The van der Waals surface area contributed by atoms with Crippen LogP contribution in [-0.2, 0) is 21.4 Å². The molecule has 1 saturated carbocycles. The highest BCUT2D eigenvalue weighted by Crippen LogP contribution is 2.43. The Balaban J connectivity index is 2.05. The number of nitrogens with zero attached hydrogens (tertiary/aromatic N) is 4. The molecule has 0 atom stereocenters. The Labute approximate surface area is 121 Å². The zero-order chi connectivity index (χ0) is 14.2. The first-order valence-corrected chi connectivity index (χ1v) is 7.91. The molecule has 1 aliphatic carbocycles. The topological polar surface area (TPSA) is 69.4 Å². The molecular weight excluding hydrogens is 276 g/mol. The summed E-state index contributed by atoms with van der Waals surface area (Å²) < 4.78 is 7.06. The molecule has 0 N–H and O–H groups in total. The summed E-state index contributed by atoms with van der Waals surface area (Å²) in [6, 6.07) is 0. The molecule has 20 heavy (non-hydrogen) atoms. The Morgan fingerprint density at radius 3 is 2.75 bits per heavy atom. The fraction of sp³-hybridized carbons (Fsp3) is 0.692. The molecule has 1 aliphatic rings. The number of carbonyl (C=O) groups excluding carboxylic acids is 1. The first-order valence-electron chi connectivity index (χ1n) is 7.10. The van der Waals surface area contributed by atoms with Gasteiger partial charge in [0.15, 0.2) is 5.82 Å². The number of aromatic nitrogens is 4. The molecule has 0 aromatic carbocycles. The number of aryl methyl sites for hydroxylation is 1. The number of carbonyl (C=O) groups is 1. The molecule has 0 unspecified atom stereocenters. The van der Waals surface area contributed by atoms with Gasteiger partial charge in [-0.25, -0.2) is 0 Å². The lowest BCUT2D eigenvalue weighted by Gasteiger charge is -2.23. The highest BCUT2D eigenvalue weighted by atomic mass is 32.1. The molecule has 1 fully saturated rings. The number of hydrogen-bond acceptors (Lipinski definition) is 6. The molecular formula is C13H18N4O2S. The van der Waals surface area contributed by atoms with E-state index >= 15 is 0 Å². The number of esters is 1. The molecule has 0 aliphatic heterocycles. The monoisotopic (exact) mass is 294 g/mol. The van der Waals surface area contributed by atoms with Crippen LogP contribution in [-0.4, -0.2) is 32.4 Å². The summed E-state index contributed by atoms with van der Waals surface area (Å²) in [7, 11) is 0. The second kappa shape index (κ2) is 5.12. The minimum absolute atomic E-state index is 0.138. The van der Waals surface area contributed by atoms with E-state index in [2.05, 4.69) is 15.3 Å². The first-order chi connectivity index (χ1) is 9.71. The predicted molar refractivity (Wildman–Crippen MR) is 74.8 cm³/mol. The highest BCUT2D eigenvalue weighted by molar-refractivity contribution is 7.16. The lowest BCUT2D eigenvalue weighted by molar-refractivity contribution is -0.150. The van der Waals surface area contributed by atoms with Crippen LogP contribution in [0.2, 0.25) is 0 Å². The van der Waals surface area contributed by atoms with Gasteiger partial charge in [-0.15, -0.1) is 10.2 Å². The normalized spacial score (nSPS) is 17.7. The molecule has 0 radical (unpaired) electrons. The molecule has 2 aromatic heterocycles. The maximum atomic E-state index is 12.4. The summed E-state index contributed by atoms with van der Waals surface area (Å²) in [5.41, 5.74) is -0.563. The van der Waals surface area contributed by atoms with Crippen LogP contribution in [0.4, 0.5) is 0 Å². The maximum Gasteiger partial charge on any atom is 0.319 e. The Hall–Kier alpha value is -1.50. The minimum Gasteiger partial charge on any atom is -0.465 e. The average molecular weight is 294 g/mol. The average Bonchev–Trinajstić information content (AvgIpc) is 3.14. The van der Waals surface area contributed by atoms with Crippen LogP contribution in [0.1, 0.15) is 50.4 Å². The Morgan fingerprint density at radius 1 is 1.35 bits per heavy atom. The molecule has 0 spiro atoms. The van der Waals surface area contributed by atoms with Gasteiger partial charge < -0.3 is 4.74 Å². The standard InChI is InChI=1S/C13H18N4O2S/c1-3-9-14-15-12-17(9)16-10(20-12)13(7-5-6-8-13)11(18)19-4-2/h3-8H2,1-2H3. The van der Waals surface area contributed by atoms with Crippen molar-refractivity contribution >= 4 is 22.3 Å². The van der Waals surface area contributed by atoms with Gasteiger partial charge in [0.25, 0.3) is 0 Å². The quantitative estimate of drug-likeness (QED) is 0.808. The Kier molecular flexibility index (Phi) is 3.45. The predicted octanol–water partition coefficient (Wildman–Crippen LogP) is 2.12. The first kappa shape index (κ1) is 13.5. The number of hydrogen-bond donors (Lipinski definition) is 0. The second-order valence-electron chi connectivity index (χ2n) is 5.08. The summed E-state index contributed by atoms with van der Waals surface area (Å²) in [6.07, 6.45) is 4.49. The minimum atomic E-state index is -0.563. The van der Waals surface area contributed by atoms with Crippen molar-refractivity contribution < 1.29 is 9.53 Å². The van der Waals surface area contributed by atoms with E-state index in [4.69, 9.17) is 4.74 Å². The summed E-state index contributed by atoms with van der Waals surface area (Å²) in [6.45, 7) is 4.27. The van der Waals surface area contributed by atoms with Crippen molar-refractivity contribution in [3.8, 4) is 0 Å². The van der Waals surface area contributed by atoms with Crippen LogP contribution in [0, 0.1) is 0 Å². The molecule has 2 aromatic rings. The lowest BCUT2D eigenvalue weighted by Crippen LogP contribution is -2.34. The molecule has 2 heterocycles. The highest BCUT2D eigenvalue weighted by Gasteiger charge is 2.47. The van der Waals surface area contributed by atoms with E-state index in [1.807, 2.05) is 13.8 Å². The van der Waals surface area contributed by atoms with E-state index in [-0.39, 0.29) is 5.97 Å². The third-order valence-electron chi connectivity index (χ3n) is 3.90. The van der Waals surface area contributed by atoms with Crippen molar-refractivity contribution in [3.05, 3.63) is 10.8 Å². The van der Waals surface area contributed by atoms with Crippen molar-refractivity contribution in [2.75, 3.05) is 6.61 Å². The molecule has 6 nitrogen and oxygen atoms in total. The molecule has 0 bridgehead atoms. The van der Waals surface area contributed by atoms with Crippen LogP contribution >= 0.6 is 11.3 Å². The SMILES string of the molecule is CCOC(=O)C1(c2nn3c(CC)nnc3s2)CCCC1. The van der Waals surface area contributed by atoms with Crippen molar-refractivity contribution in [2.24, 2.45) is 0 Å². The third-order valence-corrected chi connectivity index (χ3v) is 5.01. The van der Waals surface area contributed by atoms with E-state index in [9.17, 15) is 4.79 Å². The van der Waals surface area contributed by atoms with Gasteiger partial charge in [-0.3, -0.25) is 4.79 Å². The van der Waals surface area contributed by atoms with Crippen LogP contribution in [0.25, 0.3) is 4.96 Å². The molecule has 0 saturated heterocycles. The summed E-state index contributed by atoms with van der Waals surface area (Å²) in [5, 5.41) is 13.7. The van der Waals surface area contributed by atoms with Crippen LogP contribution in [0.5, 0.6) is 0 Å². The van der Waals surface area contributed by atoms with Gasteiger partial charge in [0.2, 0.25) is 4.96 Å². The molecule has 7 heteroatoms. The second-order valence-corrected chi connectivity index (χ2v) is 6.04. The van der Waals surface area contributed by atoms with Gasteiger partial charge in [-0.1, -0.05) is 31.1 Å². The van der Waals surface area contributed by atoms with Gasteiger partial charge in [-0.05, 0) is 19.8 Å². The van der Waals surface area contributed by atoms with Crippen molar-refractivity contribution in [1.29, 1.82) is 0 Å². The summed E-state index contributed by atoms with van der Waals surface area (Å²) >= 11 is 1.46.